The van der Waals surface area contributed by atoms with Gasteiger partial charge >= 0.3 is 11.9 Å². The van der Waals surface area contributed by atoms with Crippen LogP contribution in [0.5, 0.6) is 0 Å². The standard InChI is InChI=1S/C57H88O28/c1-22-39(81-44-38(70)40(26(62)18-75-44)82-48-42(71)55(74,19-59)21-77-48)35(67)37(69)45(78-22)83-41-32(64)25(61)17-76-47(41)85-49(72)56-12-11-51(2,3)13-24(56)23-7-8-29-52(4)14-27-43(84-46-36(68)34(66)33(65)28(16-58)79-46)57(20-60,50(73)80-27)30(52)9-10-53(29,5)54(23,6)15-31(56)63/h7,22,24-48,58-71,74H,8-21H2,1-6H3/t22-,24-,25-,26-,27-,28-,29+,30-,31+,32+,33-,34+,35-,36-,37-,38-,39-,40+,41-,42+,43-,44+,45+,46+,47+,48+,52+,53-,54-,55-,56+,57+/m0/s1. The Morgan fingerprint density at radius 1 is 0.647 bits per heavy atom. The Morgan fingerprint density at radius 3 is 1.99 bits per heavy atom. The molecule has 28 heteroatoms. The molecular weight excluding hydrogens is 1130 g/mol. The highest BCUT2D eigenvalue weighted by molar-refractivity contribution is 5.82. The third-order valence-electron chi connectivity index (χ3n) is 22.8. The number of hydrogen-bond acceptors (Lipinski definition) is 28. The molecule has 0 aromatic carbocycles. The molecule has 0 amide bonds. The van der Waals surface area contributed by atoms with E-state index < -0.39 is 237 Å². The second-order valence-electron chi connectivity index (χ2n) is 27.9. The number of aliphatic hydroxyl groups excluding tert-OH is 14. The summed E-state index contributed by atoms with van der Waals surface area (Å²) in [6.07, 6.45) is -31.6. The lowest BCUT2D eigenvalue weighted by molar-refractivity contribution is -0.372. The Morgan fingerprint density at radius 2 is 1.31 bits per heavy atom. The molecule has 6 saturated heterocycles. The van der Waals surface area contributed by atoms with E-state index in [0.29, 0.717) is 32.1 Å². The Labute approximate surface area is 490 Å². The predicted octanol–water partition coefficient (Wildman–Crippen LogP) is -4.81. The summed E-state index contributed by atoms with van der Waals surface area (Å²) in [5.74, 6) is -2.85. The summed E-state index contributed by atoms with van der Waals surface area (Å²) in [6.45, 7) is 8.22. The van der Waals surface area contributed by atoms with E-state index in [-0.39, 0.29) is 30.6 Å². The molecule has 0 unspecified atom stereocenters. The molecule has 32 atom stereocenters. The van der Waals surface area contributed by atoms with Crippen LogP contribution in [0.15, 0.2) is 11.6 Å². The SMILES string of the molecule is C[C@@H]1O[C@H](O[C@@H]2[C@@H](OC(=O)[C@]34CCC(C)(C)C[C@H]3C3=CC[C@@H]5[C@@]6(C)C[C@@H]7OC(=O)[C@@](CO)([C@H]7O[C@H]7O[C@@H](CO)[C@H](O)[C@@H](O)[C@@H]7O)[C@H]6CC[C@]5(C)[C@@]3(C)C[C@H]4O)OC[C@H](O)[C@H]2O)[C@@H](O)[C@H](O)[C@H]1O[C@H]1OC[C@H](O)[C@@H](O[C@H]2OC[C@@](O)(CO)[C@@H]2O)[C@@H]1O. The van der Waals surface area contributed by atoms with Crippen molar-refractivity contribution in [3.63, 3.8) is 0 Å². The number of carbonyl (C=O) groups excluding carboxylic acids is 2. The van der Waals surface area contributed by atoms with E-state index in [9.17, 15) is 81.4 Å². The normalized spacial score (nSPS) is 55.5. The molecule has 5 aliphatic carbocycles. The van der Waals surface area contributed by atoms with Crippen LogP contribution in [0.25, 0.3) is 0 Å². The molecule has 0 aromatic rings. The van der Waals surface area contributed by atoms with Crippen molar-refractivity contribution in [2.24, 2.45) is 50.2 Å². The maximum atomic E-state index is 15.4. The number of fused-ring (bicyclic) bond motifs is 10. The minimum absolute atomic E-state index is 0.101. The molecule has 2 bridgehead atoms. The zero-order valence-electron chi connectivity index (χ0n) is 48.5. The highest BCUT2D eigenvalue weighted by Crippen LogP contribution is 2.77. The lowest BCUT2D eigenvalue weighted by Crippen LogP contribution is -2.70. The van der Waals surface area contributed by atoms with Crippen molar-refractivity contribution in [2.45, 2.75) is 240 Å². The van der Waals surface area contributed by atoms with Gasteiger partial charge in [-0.15, -0.1) is 0 Å². The van der Waals surface area contributed by atoms with Gasteiger partial charge in [-0.25, -0.2) is 0 Å². The predicted molar refractivity (Wildman–Crippen MR) is 278 cm³/mol. The second kappa shape index (κ2) is 22.8. The second-order valence-corrected chi connectivity index (χ2v) is 27.9. The Hall–Kier alpha value is -2.28. The lowest BCUT2D eigenvalue weighted by Gasteiger charge is -2.71. The summed E-state index contributed by atoms with van der Waals surface area (Å²) < 4.78 is 64.8. The molecule has 0 aromatic heterocycles. The van der Waals surface area contributed by atoms with Gasteiger partial charge in [-0.1, -0.05) is 46.3 Å². The monoisotopic (exact) mass is 1220 g/mol. The summed E-state index contributed by atoms with van der Waals surface area (Å²) in [5, 5.41) is 164. The molecule has 0 radical (unpaired) electrons. The van der Waals surface area contributed by atoms with Gasteiger partial charge in [0.2, 0.25) is 6.29 Å². The van der Waals surface area contributed by atoms with E-state index in [4.69, 9.17) is 52.1 Å². The first kappa shape index (κ1) is 64.3. The fourth-order valence-corrected chi connectivity index (χ4v) is 17.7. The molecule has 11 rings (SSSR count). The Kier molecular flexibility index (Phi) is 17.3. The Bertz CT molecular complexity index is 2490. The number of aliphatic hydroxyl groups is 15. The average molecular weight is 1220 g/mol. The summed E-state index contributed by atoms with van der Waals surface area (Å²) in [4.78, 5) is 29.7. The van der Waals surface area contributed by atoms with Crippen LogP contribution in [0.4, 0.5) is 0 Å². The van der Waals surface area contributed by atoms with E-state index in [1.165, 1.54) is 6.92 Å². The van der Waals surface area contributed by atoms with Crippen molar-refractivity contribution in [1.29, 1.82) is 0 Å². The van der Waals surface area contributed by atoms with Crippen LogP contribution in [0.1, 0.15) is 92.9 Å². The minimum Gasteiger partial charge on any atom is -0.459 e. The molecule has 484 valence electrons. The molecule has 6 aliphatic heterocycles. The fraction of sp³-hybridized carbons (Fsp3) is 0.930. The smallest absolute Gasteiger partial charge is 0.317 e. The maximum Gasteiger partial charge on any atom is 0.317 e. The number of hydrogen-bond donors (Lipinski definition) is 15. The van der Waals surface area contributed by atoms with E-state index >= 15 is 4.79 Å². The maximum absolute atomic E-state index is 15.4. The molecule has 10 fully saturated rings. The zero-order chi connectivity index (χ0) is 61.6. The first-order chi connectivity index (χ1) is 39.9. The molecule has 4 saturated carbocycles. The number of allylic oxidation sites excluding steroid dienone is 2. The molecule has 28 nitrogen and oxygen atoms in total. The van der Waals surface area contributed by atoms with Crippen molar-refractivity contribution in [1.82, 2.24) is 0 Å². The summed E-state index contributed by atoms with van der Waals surface area (Å²) >= 11 is 0. The van der Waals surface area contributed by atoms with E-state index in [1.807, 2.05) is 0 Å². The highest BCUT2D eigenvalue weighted by atomic mass is 16.8. The van der Waals surface area contributed by atoms with Crippen molar-refractivity contribution in [2.75, 3.05) is 39.6 Å². The van der Waals surface area contributed by atoms with Crippen LogP contribution < -0.4 is 0 Å². The Balaban J connectivity index is 0.810. The van der Waals surface area contributed by atoms with Gasteiger partial charge in [0, 0.05) is 0 Å². The van der Waals surface area contributed by atoms with Gasteiger partial charge in [0.05, 0.1) is 51.8 Å². The van der Waals surface area contributed by atoms with Crippen molar-refractivity contribution < 1.29 is 138 Å². The van der Waals surface area contributed by atoms with Gasteiger partial charge in [-0.05, 0) is 97.7 Å². The van der Waals surface area contributed by atoms with Gasteiger partial charge < -0.3 is 129 Å². The molecule has 0 spiro atoms. The quantitative estimate of drug-likeness (QED) is 0.0467. The third kappa shape index (κ3) is 9.84. The van der Waals surface area contributed by atoms with Gasteiger partial charge in [0.25, 0.3) is 0 Å². The zero-order valence-corrected chi connectivity index (χ0v) is 48.5. The van der Waals surface area contributed by atoms with Gasteiger partial charge in [0.15, 0.2) is 31.3 Å². The first-order valence-corrected chi connectivity index (χ1v) is 29.9. The summed E-state index contributed by atoms with van der Waals surface area (Å²) in [7, 11) is 0. The van der Waals surface area contributed by atoms with E-state index in [1.54, 1.807) is 0 Å². The third-order valence-corrected chi connectivity index (χ3v) is 22.8. The molecular formula is C57H88O28. The van der Waals surface area contributed by atoms with E-state index in [2.05, 4.69) is 40.7 Å². The first-order valence-electron chi connectivity index (χ1n) is 29.9. The van der Waals surface area contributed by atoms with Gasteiger partial charge in [-0.3, -0.25) is 9.59 Å². The largest absolute Gasteiger partial charge is 0.459 e. The van der Waals surface area contributed by atoms with Crippen LogP contribution in [0, 0.1) is 50.2 Å². The fourth-order valence-electron chi connectivity index (χ4n) is 17.7. The van der Waals surface area contributed by atoms with E-state index in [0.717, 1.165) is 5.57 Å². The summed E-state index contributed by atoms with van der Waals surface area (Å²) in [6, 6.07) is 0. The van der Waals surface area contributed by atoms with Crippen LogP contribution in [0.3, 0.4) is 0 Å². The van der Waals surface area contributed by atoms with Crippen LogP contribution >= 0.6 is 0 Å². The average Bonchev–Trinajstić information content (AvgIpc) is 1.61. The summed E-state index contributed by atoms with van der Waals surface area (Å²) in [5.41, 5.74) is -6.74. The molecule has 11 aliphatic rings. The van der Waals surface area contributed by atoms with Crippen molar-refractivity contribution in [3.8, 4) is 0 Å². The number of esters is 2. The number of ether oxygens (including phenoxy) is 11. The van der Waals surface area contributed by atoms with Gasteiger partial charge in [0.1, 0.15) is 108 Å². The van der Waals surface area contributed by atoms with Gasteiger partial charge in [-0.2, -0.15) is 0 Å². The number of rotatable bonds is 13. The molecule has 85 heavy (non-hydrogen) atoms. The molecule has 6 heterocycles. The number of carbonyl (C=O) groups is 2. The lowest BCUT2D eigenvalue weighted by atomic mass is 9.33. The van der Waals surface area contributed by atoms with Crippen LogP contribution in [-0.4, -0.2) is 275 Å². The van der Waals surface area contributed by atoms with Crippen molar-refractivity contribution >= 4 is 11.9 Å². The van der Waals surface area contributed by atoms with Crippen LogP contribution in [0.2, 0.25) is 0 Å². The highest BCUT2D eigenvalue weighted by Gasteiger charge is 2.77. The molecule has 15 N–H and O–H groups in total. The van der Waals surface area contributed by atoms with Crippen molar-refractivity contribution in [3.05, 3.63) is 11.6 Å². The topological polar surface area (TPSA) is 439 Å². The minimum atomic E-state index is -2.08. The van der Waals surface area contributed by atoms with Crippen LogP contribution in [-0.2, 0) is 61.7 Å².